The molecule has 0 aliphatic carbocycles. The molecule has 0 saturated carbocycles. The number of furan rings is 1. The lowest BCUT2D eigenvalue weighted by atomic mass is 10.2. The maximum Gasteiger partial charge on any atom is 0.134 e. The van der Waals surface area contributed by atoms with Gasteiger partial charge in [0.2, 0.25) is 0 Å². The van der Waals surface area contributed by atoms with Gasteiger partial charge in [0.25, 0.3) is 0 Å². The molecule has 1 aromatic heterocycles. The summed E-state index contributed by atoms with van der Waals surface area (Å²) in [5, 5.41) is 4.61. The van der Waals surface area contributed by atoms with E-state index < -0.39 is 0 Å². The van der Waals surface area contributed by atoms with Crippen molar-refractivity contribution in [3.63, 3.8) is 0 Å². The first-order chi connectivity index (χ1) is 8.40. The second kappa shape index (κ2) is 6.72. The van der Waals surface area contributed by atoms with Gasteiger partial charge in [-0.15, -0.1) is 0 Å². The smallest absolute Gasteiger partial charge is 0.134 e. The number of rotatable bonds is 7. The van der Waals surface area contributed by atoms with Crippen molar-refractivity contribution in [2.24, 2.45) is 0 Å². The highest BCUT2D eigenvalue weighted by Gasteiger charge is 2.01. The first-order valence-electron chi connectivity index (χ1n) is 6.07. The van der Waals surface area contributed by atoms with E-state index in [0.29, 0.717) is 0 Å². The van der Waals surface area contributed by atoms with Gasteiger partial charge in [-0.05, 0) is 43.5 Å². The molecule has 2 nitrogen and oxygen atoms in total. The number of unbranched alkanes of at least 4 members (excludes halogenated alkanes) is 1. The fraction of sp³-hybridized carbons (Fsp3) is 0.429. The average Bonchev–Trinajstić information content (AvgIpc) is 2.76. The highest BCUT2D eigenvalue weighted by Crippen LogP contribution is 2.18. The minimum Gasteiger partial charge on any atom is -0.460 e. The first-order valence-corrected chi connectivity index (χ1v) is 7.46. The molecular formula is C14H19NOS. The fourth-order valence-electron chi connectivity index (χ4n) is 1.83. The Balaban J connectivity index is 1.75. The number of hydrogen-bond acceptors (Lipinski definition) is 3. The van der Waals surface area contributed by atoms with Crippen LogP contribution >= 0.6 is 11.8 Å². The van der Waals surface area contributed by atoms with E-state index in [-0.39, 0.29) is 0 Å². The van der Waals surface area contributed by atoms with Crippen LogP contribution in [-0.2, 0) is 6.54 Å². The summed E-state index contributed by atoms with van der Waals surface area (Å²) < 4.78 is 5.73. The average molecular weight is 249 g/mol. The van der Waals surface area contributed by atoms with Crippen molar-refractivity contribution in [3.05, 3.63) is 36.1 Å². The summed E-state index contributed by atoms with van der Waals surface area (Å²) >= 11 is 1.91. The van der Waals surface area contributed by atoms with Crippen molar-refractivity contribution in [3.8, 4) is 0 Å². The molecule has 1 heterocycles. The Hall–Kier alpha value is -0.930. The number of fused-ring (bicyclic) bond motifs is 1. The summed E-state index contributed by atoms with van der Waals surface area (Å²) in [6, 6.07) is 10.3. The third-order valence-electron chi connectivity index (χ3n) is 2.73. The second-order valence-corrected chi connectivity index (χ2v) is 5.11. The van der Waals surface area contributed by atoms with E-state index in [9.17, 15) is 0 Å². The Morgan fingerprint density at radius 2 is 2.12 bits per heavy atom. The van der Waals surface area contributed by atoms with Crippen LogP contribution in [0.1, 0.15) is 18.6 Å². The fourth-order valence-corrected chi connectivity index (χ4v) is 2.32. The molecule has 17 heavy (non-hydrogen) atoms. The molecule has 0 saturated heterocycles. The minimum absolute atomic E-state index is 0.827. The zero-order chi connectivity index (χ0) is 11.9. The van der Waals surface area contributed by atoms with Crippen LogP contribution in [0.3, 0.4) is 0 Å². The first kappa shape index (κ1) is 12.5. The Labute approximate surface area is 107 Å². The lowest BCUT2D eigenvalue weighted by Gasteiger charge is -2.01. The van der Waals surface area contributed by atoms with Crippen LogP contribution in [-0.4, -0.2) is 18.6 Å². The summed E-state index contributed by atoms with van der Waals surface area (Å²) in [7, 11) is 0. The van der Waals surface area contributed by atoms with E-state index in [4.69, 9.17) is 4.42 Å². The van der Waals surface area contributed by atoms with Gasteiger partial charge in [0.1, 0.15) is 11.3 Å². The molecule has 0 bridgehead atoms. The van der Waals surface area contributed by atoms with Crippen LogP contribution in [0.4, 0.5) is 0 Å². The van der Waals surface area contributed by atoms with Gasteiger partial charge >= 0.3 is 0 Å². The van der Waals surface area contributed by atoms with E-state index in [1.54, 1.807) is 0 Å². The van der Waals surface area contributed by atoms with Gasteiger partial charge in [-0.25, -0.2) is 0 Å². The normalized spacial score (nSPS) is 11.1. The maximum absolute atomic E-state index is 5.73. The van der Waals surface area contributed by atoms with Crippen molar-refractivity contribution in [2.45, 2.75) is 19.4 Å². The molecule has 0 unspecified atom stereocenters. The SMILES string of the molecule is CSCCCCNCc1cc2ccccc2o1. The number of thioether (sulfide) groups is 1. The summed E-state index contributed by atoms with van der Waals surface area (Å²) in [5.74, 6) is 2.28. The Bertz CT molecular complexity index is 419. The van der Waals surface area contributed by atoms with E-state index in [1.165, 1.54) is 24.0 Å². The molecular weight excluding hydrogens is 230 g/mol. The quantitative estimate of drug-likeness (QED) is 0.758. The highest BCUT2D eigenvalue weighted by molar-refractivity contribution is 7.98. The summed E-state index contributed by atoms with van der Waals surface area (Å²) in [4.78, 5) is 0. The van der Waals surface area contributed by atoms with Gasteiger partial charge < -0.3 is 9.73 Å². The highest BCUT2D eigenvalue weighted by atomic mass is 32.2. The van der Waals surface area contributed by atoms with Crippen LogP contribution in [0.5, 0.6) is 0 Å². The lowest BCUT2D eigenvalue weighted by molar-refractivity contribution is 0.509. The van der Waals surface area contributed by atoms with Crippen molar-refractivity contribution in [1.82, 2.24) is 5.32 Å². The molecule has 2 aromatic rings. The Morgan fingerprint density at radius 3 is 2.94 bits per heavy atom. The van der Waals surface area contributed by atoms with E-state index in [2.05, 4.69) is 23.7 Å². The number of para-hydroxylation sites is 1. The van der Waals surface area contributed by atoms with E-state index in [1.807, 2.05) is 30.0 Å². The Kier molecular flexibility index (Phi) is 4.95. The Morgan fingerprint density at radius 1 is 1.24 bits per heavy atom. The minimum atomic E-state index is 0.827. The number of benzene rings is 1. The van der Waals surface area contributed by atoms with Gasteiger partial charge in [0.15, 0.2) is 0 Å². The molecule has 0 atom stereocenters. The van der Waals surface area contributed by atoms with Crippen LogP contribution < -0.4 is 5.32 Å². The third kappa shape index (κ3) is 3.79. The van der Waals surface area contributed by atoms with Gasteiger partial charge in [-0.3, -0.25) is 0 Å². The van der Waals surface area contributed by atoms with E-state index in [0.717, 1.165) is 24.4 Å². The molecule has 1 aromatic carbocycles. The van der Waals surface area contributed by atoms with Gasteiger partial charge in [-0.2, -0.15) is 11.8 Å². The molecule has 2 rings (SSSR count). The molecule has 3 heteroatoms. The lowest BCUT2D eigenvalue weighted by Crippen LogP contribution is -2.14. The zero-order valence-electron chi connectivity index (χ0n) is 10.2. The molecule has 0 amide bonds. The second-order valence-electron chi connectivity index (χ2n) is 4.13. The van der Waals surface area contributed by atoms with Crippen molar-refractivity contribution < 1.29 is 4.42 Å². The van der Waals surface area contributed by atoms with Crippen molar-refractivity contribution in [1.29, 1.82) is 0 Å². The molecule has 1 N–H and O–H groups in total. The molecule has 0 spiro atoms. The number of nitrogens with one attached hydrogen (secondary N) is 1. The van der Waals surface area contributed by atoms with Crippen LogP contribution in [0.25, 0.3) is 11.0 Å². The molecule has 92 valence electrons. The predicted molar refractivity (Wildman–Crippen MR) is 75.5 cm³/mol. The molecule has 0 aliphatic rings. The van der Waals surface area contributed by atoms with Crippen molar-refractivity contribution >= 4 is 22.7 Å². The van der Waals surface area contributed by atoms with E-state index >= 15 is 0 Å². The van der Waals surface area contributed by atoms with Crippen LogP contribution in [0.2, 0.25) is 0 Å². The molecule has 0 aliphatic heterocycles. The monoisotopic (exact) mass is 249 g/mol. The zero-order valence-corrected chi connectivity index (χ0v) is 11.1. The van der Waals surface area contributed by atoms with Crippen molar-refractivity contribution in [2.75, 3.05) is 18.6 Å². The summed E-state index contributed by atoms with van der Waals surface area (Å²) in [6.07, 6.45) is 4.68. The van der Waals surface area contributed by atoms with Crippen LogP contribution in [0, 0.1) is 0 Å². The summed E-state index contributed by atoms with van der Waals surface area (Å²) in [6.45, 7) is 1.89. The van der Waals surface area contributed by atoms with Gasteiger partial charge in [-0.1, -0.05) is 18.2 Å². The van der Waals surface area contributed by atoms with Gasteiger partial charge in [0.05, 0.1) is 6.54 Å². The van der Waals surface area contributed by atoms with Crippen LogP contribution in [0.15, 0.2) is 34.7 Å². The largest absolute Gasteiger partial charge is 0.460 e. The standard InChI is InChI=1S/C14H19NOS/c1-17-9-5-4-8-15-11-13-10-12-6-2-3-7-14(12)16-13/h2-3,6-7,10,15H,4-5,8-9,11H2,1H3. The predicted octanol–water partition coefficient (Wildman–Crippen LogP) is 3.67. The number of hydrogen-bond donors (Lipinski definition) is 1. The summed E-state index contributed by atoms with van der Waals surface area (Å²) in [5.41, 5.74) is 0.978. The maximum atomic E-state index is 5.73. The van der Waals surface area contributed by atoms with Gasteiger partial charge in [0, 0.05) is 5.39 Å². The topological polar surface area (TPSA) is 25.2 Å². The molecule has 0 fully saturated rings. The molecule has 0 radical (unpaired) electrons. The third-order valence-corrected chi connectivity index (χ3v) is 3.42.